The summed E-state index contributed by atoms with van der Waals surface area (Å²) in [5, 5.41) is 0. The van der Waals surface area contributed by atoms with Gasteiger partial charge in [-0.25, -0.2) is 0 Å². The Balaban J connectivity index is 3.32. The molecule has 17 heavy (non-hydrogen) atoms. The van der Waals surface area contributed by atoms with Crippen molar-refractivity contribution in [1.82, 2.24) is 0 Å². The molecule has 1 rings (SSSR count). The second kappa shape index (κ2) is 4.28. The van der Waals surface area contributed by atoms with Gasteiger partial charge in [0.1, 0.15) is 5.54 Å². The second-order valence-electron chi connectivity index (χ2n) is 7.35. The summed E-state index contributed by atoms with van der Waals surface area (Å²) in [6.07, 6.45) is 7.09. The highest BCUT2D eigenvalue weighted by Gasteiger charge is 2.51. The van der Waals surface area contributed by atoms with Crippen LogP contribution in [0.4, 0.5) is 0 Å². The molecule has 0 aromatic carbocycles. The summed E-state index contributed by atoms with van der Waals surface area (Å²) in [6.45, 7) is 13.6. The molecule has 0 heterocycles. The molecular formula is C16H30N+. The normalized spacial score (nSPS) is 28.2. The van der Waals surface area contributed by atoms with Gasteiger partial charge in [0, 0.05) is 5.92 Å². The van der Waals surface area contributed by atoms with Gasteiger partial charge in [-0.1, -0.05) is 32.1 Å². The van der Waals surface area contributed by atoms with Gasteiger partial charge in [-0.3, -0.25) is 0 Å². The molecule has 0 fully saturated rings. The van der Waals surface area contributed by atoms with E-state index in [1.807, 2.05) is 0 Å². The Labute approximate surface area is 108 Å². The van der Waals surface area contributed by atoms with Crippen molar-refractivity contribution in [1.29, 1.82) is 0 Å². The molecule has 0 radical (unpaired) electrons. The quantitative estimate of drug-likeness (QED) is 0.513. The fourth-order valence-electron chi connectivity index (χ4n) is 3.58. The van der Waals surface area contributed by atoms with Gasteiger partial charge >= 0.3 is 0 Å². The molecule has 0 saturated heterocycles. The minimum absolute atomic E-state index is 0.0878. The number of hydrogen-bond donors (Lipinski definition) is 0. The molecule has 1 aliphatic carbocycles. The molecule has 0 N–H and O–H groups in total. The Hall–Kier alpha value is -0.560. The van der Waals surface area contributed by atoms with E-state index in [4.69, 9.17) is 0 Å². The molecule has 1 heteroatoms. The molecule has 0 aliphatic heterocycles. The third-order valence-corrected chi connectivity index (χ3v) is 4.93. The lowest BCUT2D eigenvalue weighted by Gasteiger charge is -2.53. The summed E-state index contributed by atoms with van der Waals surface area (Å²) < 4.78 is 0.926. The summed E-state index contributed by atoms with van der Waals surface area (Å²) >= 11 is 0. The zero-order valence-corrected chi connectivity index (χ0v) is 12.8. The van der Waals surface area contributed by atoms with Crippen LogP contribution in [0.15, 0.2) is 24.3 Å². The van der Waals surface area contributed by atoms with Crippen molar-refractivity contribution < 1.29 is 4.48 Å². The number of quaternary nitrogens is 1. The zero-order valence-electron chi connectivity index (χ0n) is 12.8. The van der Waals surface area contributed by atoms with Crippen molar-refractivity contribution in [2.24, 2.45) is 11.3 Å². The maximum absolute atomic E-state index is 4.13. The maximum Gasteiger partial charge on any atom is 0.121 e. The Kier molecular flexibility index (Phi) is 3.65. The van der Waals surface area contributed by atoms with Crippen molar-refractivity contribution in [3.63, 3.8) is 0 Å². The van der Waals surface area contributed by atoms with E-state index in [9.17, 15) is 0 Å². The molecule has 1 aliphatic rings. The summed E-state index contributed by atoms with van der Waals surface area (Å²) in [4.78, 5) is 0. The average molecular weight is 236 g/mol. The molecule has 0 aromatic heterocycles. The van der Waals surface area contributed by atoms with Gasteiger partial charge in [-0.15, -0.1) is 0 Å². The minimum atomic E-state index is 0.0878. The van der Waals surface area contributed by atoms with E-state index in [0.717, 1.165) is 4.48 Å². The largest absolute Gasteiger partial charge is 0.323 e. The molecule has 0 spiro atoms. The van der Waals surface area contributed by atoms with Crippen LogP contribution in [-0.4, -0.2) is 31.2 Å². The highest BCUT2D eigenvalue weighted by atomic mass is 15.3. The molecule has 0 amide bonds. The van der Waals surface area contributed by atoms with E-state index in [1.54, 1.807) is 0 Å². The highest BCUT2D eigenvalue weighted by Crippen LogP contribution is 2.49. The first-order valence-corrected chi connectivity index (χ1v) is 6.68. The van der Waals surface area contributed by atoms with Crippen LogP contribution in [-0.2, 0) is 0 Å². The topological polar surface area (TPSA) is 0 Å². The summed E-state index contributed by atoms with van der Waals surface area (Å²) in [7, 11) is 6.83. The van der Waals surface area contributed by atoms with Crippen molar-refractivity contribution in [2.75, 3.05) is 21.1 Å². The van der Waals surface area contributed by atoms with Gasteiger partial charge in [0.15, 0.2) is 0 Å². The van der Waals surface area contributed by atoms with E-state index < -0.39 is 0 Å². The Morgan fingerprint density at radius 2 is 1.94 bits per heavy atom. The number of likely N-dealkylation sites (N-methyl/N-ethyl adjacent to an activating group) is 1. The van der Waals surface area contributed by atoms with E-state index in [-0.39, 0.29) is 5.54 Å². The lowest BCUT2D eigenvalue weighted by molar-refractivity contribution is -0.919. The lowest BCUT2D eigenvalue weighted by atomic mass is 9.60. The molecular weight excluding hydrogens is 206 g/mol. The number of nitrogens with zero attached hydrogens (tertiary/aromatic N) is 1. The van der Waals surface area contributed by atoms with Gasteiger partial charge < -0.3 is 4.48 Å². The van der Waals surface area contributed by atoms with Crippen LogP contribution in [0.2, 0.25) is 0 Å². The van der Waals surface area contributed by atoms with Crippen LogP contribution < -0.4 is 0 Å². The fourth-order valence-corrected chi connectivity index (χ4v) is 3.58. The van der Waals surface area contributed by atoms with E-state index in [2.05, 4.69) is 67.6 Å². The van der Waals surface area contributed by atoms with E-state index >= 15 is 0 Å². The van der Waals surface area contributed by atoms with E-state index in [1.165, 1.54) is 18.4 Å². The molecule has 2 atom stereocenters. The van der Waals surface area contributed by atoms with Crippen molar-refractivity contribution >= 4 is 0 Å². The minimum Gasteiger partial charge on any atom is -0.323 e. The van der Waals surface area contributed by atoms with Crippen LogP contribution >= 0.6 is 0 Å². The molecule has 0 aromatic rings. The maximum atomic E-state index is 4.13. The molecule has 0 bridgehead atoms. The fraction of sp³-hybridized carbons (Fsp3) is 0.750. The summed E-state index contributed by atoms with van der Waals surface area (Å²) in [5.74, 6) is 0.571. The third kappa shape index (κ3) is 2.35. The van der Waals surface area contributed by atoms with Gasteiger partial charge in [0.25, 0.3) is 0 Å². The van der Waals surface area contributed by atoms with Gasteiger partial charge in [0.2, 0.25) is 0 Å². The first-order chi connectivity index (χ1) is 7.56. The third-order valence-electron chi connectivity index (χ3n) is 4.93. The van der Waals surface area contributed by atoms with Crippen LogP contribution in [0.1, 0.15) is 40.5 Å². The Morgan fingerprint density at radius 1 is 1.41 bits per heavy atom. The first-order valence-electron chi connectivity index (χ1n) is 6.68. The first kappa shape index (κ1) is 14.5. The number of hydrogen-bond acceptors (Lipinski definition) is 0. The Morgan fingerprint density at radius 3 is 2.29 bits per heavy atom. The predicted molar refractivity (Wildman–Crippen MR) is 76.9 cm³/mol. The van der Waals surface area contributed by atoms with Crippen LogP contribution in [0.25, 0.3) is 0 Å². The molecule has 98 valence electrons. The van der Waals surface area contributed by atoms with Crippen LogP contribution in [0.5, 0.6) is 0 Å². The highest BCUT2D eigenvalue weighted by molar-refractivity contribution is 5.21. The average Bonchev–Trinajstić information content (AvgIpc) is 2.13. The molecule has 2 unspecified atom stereocenters. The van der Waals surface area contributed by atoms with Crippen molar-refractivity contribution in [3.8, 4) is 0 Å². The SMILES string of the molecule is C=CC(C)(C1C(C)=CCCC1(C)C)[N+](C)(C)C. The van der Waals surface area contributed by atoms with Crippen molar-refractivity contribution in [3.05, 3.63) is 24.3 Å². The van der Waals surface area contributed by atoms with Crippen molar-refractivity contribution in [2.45, 2.75) is 46.1 Å². The second-order valence-corrected chi connectivity index (χ2v) is 7.35. The number of allylic oxidation sites excluding steroid dienone is 1. The smallest absolute Gasteiger partial charge is 0.121 e. The van der Waals surface area contributed by atoms with E-state index in [0.29, 0.717) is 11.3 Å². The monoisotopic (exact) mass is 236 g/mol. The van der Waals surface area contributed by atoms with Crippen LogP contribution in [0.3, 0.4) is 0 Å². The molecule has 0 saturated carbocycles. The zero-order chi connectivity index (χ0) is 13.5. The summed E-state index contributed by atoms with van der Waals surface area (Å²) in [6, 6.07) is 0. The van der Waals surface area contributed by atoms with Gasteiger partial charge in [-0.2, -0.15) is 0 Å². The molecule has 1 nitrogen and oxygen atoms in total. The Bertz CT molecular complexity index is 330. The van der Waals surface area contributed by atoms with Gasteiger partial charge in [0.05, 0.1) is 21.1 Å². The number of rotatable bonds is 3. The summed E-state index contributed by atoms with van der Waals surface area (Å²) in [5.41, 5.74) is 1.98. The van der Waals surface area contributed by atoms with Gasteiger partial charge in [-0.05, 0) is 38.2 Å². The standard InChI is InChI=1S/C16H30N/c1-9-16(5,17(6,7)8)14-13(2)11-10-12-15(14,3)4/h9,11,14H,1,10,12H2,2-8H3/q+1. The lowest BCUT2D eigenvalue weighted by Crippen LogP contribution is -2.61. The van der Waals surface area contributed by atoms with Crippen LogP contribution in [0, 0.1) is 11.3 Å². The predicted octanol–water partition coefficient (Wildman–Crippen LogP) is 4.02.